The highest BCUT2D eigenvalue weighted by atomic mass is 79.9. The van der Waals surface area contributed by atoms with E-state index in [1.54, 1.807) is 29.2 Å². The molecule has 0 saturated heterocycles. The van der Waals surface area contributed by atoms with E-state index in [4.69, 9.17) is 0 Å². The summed E-state index contributed by atoms with van der Waals surface area (Å²) >= 11 is 3.35. The highest BCUT2D eigenvalue weighted by molar-refractivity contribution is 9.10. The molecule has 5 nitrogen and oxygen atoms in total. The molecule has 2 aromatic carbocycles. The highest BCUT2D eigenvalue weighted by Crippen LogP contribution is 2.31. The van der Waals surface area contributed by atoms with E-state index in [9.17, 15) is 13.2 Å². The van der Waals surface area contributed by atoms with Crippen molar-refractivity contribution in [1.82, 2.24) is 4.72 Å². The van der Waals surface area contributed by atoms with Crippen LogP contribution in [0.2, 0.25) is 0 Å². The number of halogens is 1. The van der Waals surface area contributed by atoms with E-state index >= 15 is 0 Å². The second-order valence-electron chi connectivity index (χ2n) is 5.21. The Morgan fingerprint density at radius 1 is 1.17 bits per heavy atom. The molecule has 0 aliphatic carbocycles. The van der Waals surface area contributed by atoms with E-state index in [1.807, 2.05) is 12.1 Å². The summed E-state index contributed by atoms with van der Waals surface area (Å²) in [5.41, 5.74) is 2.24. The third-order valence-electron chi connectivity index (χ3n) is 3.86. The Hall–Kier alpha value is -1.70. The average Bonchev–Trinajstić information content (AvgIpc) is 2.98. The van der Waals surface area contributed by atoms with Gasteiger partial charge in [0.15, 0.2) is 0 Å². The lowest BCUT2D eigenvalue weighted by atomic mass is 10.1. The first-order chi connectivity index (χ1) is 10.9. The quantitative estimate of drug-likeness (QED) is 0.869. The molecular weight excluding hydrogens is 380 g/mol. The number of rotatable bonds is 3. The van der Waals surface area contributed by atoms with Crippen molar-refractivity contribution in [2.45, 2.75) is 11.3 Å². The molecule has 0 radical (unpaired) electrons. The molecule has 0 saturated carbocycles. The van der Waals surface area contributed by atoms with Crippen LogP contribution in [-0.4, -0.2) is 27.9 Å². The molecule has 23 heavy (non-hydrogen) atoms. The van der Waals surface area contributed by atoms with Crippen LogP contribution in [0.15, 0.2) is 51.8 Å². The number of fused-ring (bicyclic) bond motifs is 1. The minimum absolute atomic E-state index is 0.0829. The van der Waals surface area contributed by atoms with Gasteiger partial charge < -0.3 is 4.90 Å². The molecule has 1 aliphatic heterocycles. The smallest absolute Gasteiger partial charge is 0.258 e. The number of carbonyl (C=O) groups excluding carboxylic acids is 1. The molecule has 0 spiro atoms. The lowest BCUT2D eigenvalue weighted by molar-refractivity contribution is 0.0989. The molecule has 3 rings (SSSR count). The van der Waals surface area contributed by atoms with E-state index in [0.29, 0.717) is 18.5 Å². The van der Waals surface area contributed by atoms with Gasteiger partial charge in [-0.3, -0.25) is 4.79 Å². The zero-order chi connectivity index (χ0) is 16.6. The molecule has 0 fully saturated rings. The SMILES string of the molecule is CNS(=O)(=O)c1ccc2c(c1)CCN2C(=O)c1ccc(Br)cc1. The van der Waals surface area contributed by atoms with Gasteiger partial charge in [0, 0.05) is 22.3 Å². The Morgan fingerprint density at radius 2 is 1.87 bits per heavy atom. The summed E-state index contributed by atoms with van der Waals surface area (Å²) in [6, 6.07) is 12.0. The van der Waals surface area contributed by atoms with E-state index < -0.39 is 10.0 Å². The monoisotopic (exact) mass is 394 g/mol. The van der Waals surface area contributed by atoms with Crippen molar-refractivity contribution in [2.24, 2.45) is 0 Å². The van der Waals surface area contributed by atoms with Crippen molar-refractivity contribution in [3.05, 3.63) is 58.1 Å². The summed E-state index contributed by atoms with van der Waals surface area (Å²) in [6.45, 7) is 0.549. The molecular formula is C16H15BrN2O3S. The predicted molar refractivity (Wildman–Crippen MR) is 92.2 cm³/mol. The molecule has 0 unspecified atom stereocenters. The third kappa shape index (κ3) is 3.04. The summed E-state index contributed by atoms with van der Waals surface area (Å²) in [6.07, 6.45) is 0.644. The summed E-state index contributed by atoms with van der Waals surface area (Å²) in [5, 5.41) is 0. The van der Waals surface area contributed by atoms with Crippen LogP contribution in [-0.2, 0) is 16.4 Å². The van der Waals surface area contributed by atoms with Crippen LogP contribution in [0.3, 0.4) is 0 Å². The van der Waals surface area contributed by atoms with Crippen LogP contribution in [0.4, 0.5) is 5.69 Å². The third-order valence-corrected chi connectivity index (χ3v) is 5.80. The standard InChI is InChI=1S/C16H15BrN2O3S/c1-18-23(21,22)14-6-7-15-12(10-14)8-9-19(15)16(20)11-2-4-13(17)5-3-11/h2-7,10,18H,8-9H2,1H3. The van der Waals surface area contributed by atoms with Gasteiger partial charge in [0.05, 0.1) is 4.90 Å². The lowest BCUT2D eigenvalue weighted by Gasteiger charge is -2.17. The second-order valence-corrected chi connectivity index (χ2v) is 8.01. The number of hydrogen-bond donors (Lipinski definition) is 1. The van der Waals surface area contributed by atoms with Gasteiger partial charge in [-0.15, -0.1) is 0 Å². The molecule has 1 N–H and O–H groups in total. The largest absolute Gasteiger partial charge is 0.308 e. The maximum atomic E-state index is 12.6. The molecule has 1 aliphatic rings. The van der Waals surface area contributed by atoms with E-state index in [1.165, 1.54) is 13.1 Å². The number of anilines is 1. The van der Waals surface area contributed by atoms with Gasteiger partial charge in [-0.05, 0) is 61.5 Å². The van der Waals surface area contributed by atoms with E-state index in [0.717, 1.165) is 15.7 Å². The maximum Gasteiger partial charge on any atom is 0.258 e. The number of benzene rings is 2. The Balaban J connectivity index is 1.93. The molecule has 7 heteroatoms. The number of amides is 1. The van der Waals surface area contributed by atoms with Gasteiger partial charge in [0.2, 0.25) is 10.0 Å². The summed E-state index contributed by atoms with van der Waals surface area (Å²) in [4.78, 5) is 14.5. The first-order valence-electron chi connectivity index (χ1n) is 7.06. The summed E-state index contributed by atoms with van der Waals surface area (Å²) < 4.78 is 27.0. The molecule has 0 bridgehead atoms. The Morgan fingerprint density at radius 3 is 2.52 bits per heavy atom. The molecule has 1 amide bonds. The van der Waals surface area contributed by atoms with Gasteiger partial charge in [-0.25, -0.2) is 13.1 Å². The van der Waals surface area contributed by atoms with Crippen LogP contribution in [0.1, 0.15) is 15.9 Å². The van der Waals surface area contributed by atoms with Crippen LogP contribution in [0, 0.1) is 0 Å². The molecule has 2 aromatic rings. The number of sulfonamides is 1. The minimum Gasteiger partial charge on any atom is -0.308 e. The Labute approximate surface area is 143 Å². The van der Waals surface area contributed by atoms with Crippen molar-refractivity contribution in [3.8, 4) is 0 Å². The van der Waals surface area contributed by atoms with Crippen LogP contribution in [0.25, 0.3) is 0 Å². The van der Waals surface area contributed by atoms with E-state index in [2.05, 4.69) is 20.7 Å². The first-order valence-corrected chi connectivity index (χ1v) is 9.34. The summed E-state index contributed by atoms with van der Waals surface area (Å²) in [5.74, 6) is -0.0829. The number of hydrogen-bond acceptors (Lipinski definition) is 3. The van der Waals surface area contributed by atoms with E-state index in [-0.39, 0.29) is 10.8 Å². The Kier molecular flexibility index (Phi) is 4.27. The van der Waals surface area contributed by atoms with Crippen LogP contribution >= 0.6 is 15.9 Å². The molecule has 0 atom stereocenters. The number of nitrogens with zero attached hydrogens (tertiary/aromatic N) is 1. The fourth-order valence-electron chi connectivity index (χ4n) is 2.62. The number of carbonyl (C=O) groups is 1. The topological polar surface area (TPSA) is 66.5 Å². The zero-order valence-corrected chi connectivity index (χ0v) is 14.8. The lowest BCUT2D eigenvalue weighted by Crippen LogP contribution is -2.28. The van der Waals surface area contributed by atoms with Crippen molar-refractivity contribution >= 4 is 37.5 Å². The van der Waals surface area contributed by atoms with Gasteiger partial charge in [-0.2, -0.15) is 0 Å². The zero-order valence-electron chi connectivity index (χ0n) is 12.4. The van der Waals surface area contributed by atoms with Gasteiger partial charge >= 0.3 is 0 Å². The second kappa shape index (κ2) is 6.07. The average molecular weight is 395 g/mol. The highest BCUT2D eigenvalue weighted by Gasteiger charge is 2.27. The molecule has 1 heterocycles. The van der Waals surface area contributed by atoms with Crippen molar-refractivity contribution in [2.75, 3.05) is 18.5 Å². The normalized spacial score (nSPS) is 13.9. The fourth-order valence-corrected chi connectivity index (χ4v) is 3.67. The first kappa shape index (κ1) is 16.2. The van der Waals surface area contributed by atoms with Crippen molar-refractivity contribution in [3.63, 3.8) is 0 Å². The number of nitrogens with one attached hydrogen (secondary N) is 1. The van der Waals surface area contributed by atoms with Crippen molar-refractivity contribution in [1.29, 1.82) is 0 Å². The van der Waals surface area contributed by atoms with Crippen LogP contribution in [0.5, 0.6) is 0 Å². The van der Waals surface area contributed by atoms with Crippen molar-refractivity contribution < 1.29 is 13.2 Å². The molecule has 120 valence electrons. The predicted octanol–water partition coefficient (Wildman–Crippen LogP) is 2.56. The van der Waals surface area contributed by atoms with Gasteiger partial charge in [-0.1, -0.05) is 15.9 Å². The maximum absolute atomic E-state index is 12.6. The minimum atomic E-state index is -3.47. The van der Waals surface area contributed by atoms with Crippen LogP contribution < -0.4 is 9.62 Å². The Bertz CT molecular complexity index is 863. The van der Waals surface area contributed by atoms with Gasteiger partial charge in [0.25, 0.3) is 5.91 Å². The molecule has 0 aromatic heterocycles. The fraction of sp³-hybridized carbons (Fsp3) is 0.188. The summed E-state index contributed by atoms with van der Waals surface area (Å²) in [7, 11) is -2.09. The van der Waals surface area contributed by atoms with Gasteiger partial charge in [0.1, 0.15) is 0 Å².